The molecule has 1 amide bonds. The Morgan fingerprint density at radius 3 is 2.56 bits per heavy atom. The summed E-state index contributed by atoms with van der Waals surface area (Å²) in [6.45, 7) is 3.44. The number of nitrogens with zero attached hydrogens (tertiary/aromatic N) is 4. The van der Waals surface area contributed by atoms with Crippen LogP contribution in [-0.2, 0) is 24.1 Å². The molecule has 1 saturated heterocycles. The highest BCUT2D eigenvalue weighted by Gasteiger charge is 2.30. The van der Waals surface area contributed by atoms with Gasteiger partial charge in [0.2, 0.25) is 5.91 Å². The predicted octanol–water partition coefficient (Wildman–Crippen LogP) is 3.40. The molecule has 0 radical (unpaired) electrons. The van der Waals surface area contributed by atoms with Gasteiger partial charge in [0.15, 0.2) is 0 Å². The Morgan fingerprint density at radius 2 is 1.93 bits per heavy atom. The summed E-state index contributed by atoms with van der Waals surface area (Å²) >= 11 is 3.32. The summed E-state index contributed by atoms with van der Waals surface area (Å²) in [6.07, 6.45) is -0.454. The van der Waals surface area contributed by atoms with Gasteiger partial charge < -0.3 is 4.90 Å². The number of aromatic nitrogens is 2. The van der Waals surface area contributed by atoms with E-state index in [1.165, 1.54) is 12.1 Å². The second-order valence-corrected chi connectivity index (χ2v) is 7.44. The van der Waals surface area contributed by atoms with Gasteiger partial charge >= 0.3 is 6.18 Å². The van der Waals surface area contributed by atoms with Gasteiger partial charge in [-0.25, -0.2) is 0 Å². The molecule has 1 aliphatic rings. The van der Waals surface area contributed by atoms with E-state index in [4.69, 9.17) is 0 Å². The summed E-state index contributed by atoms with van der Waals surface area (Å²) in [7, 11) is 0. The van der Waals surface area contributed by atoms with E-state index in [9.17, 15) is 18.0 Å². The van der Waals surface area contributed by atoms with Crippen LogP contribution in [0.3, 0.4) is 0 Å². The first-order chi connectivity index (χ1) is 12.8. The number of aryl methyl sites for hydroxylation is 1. The molecule has 2 aromatic rings. The maximum Gasteiger partial charge on any atom is 0.416 e. The van der Waals surface area contributed by atoms with Crippen LogP contribution >= 0.6 is 15.9 Å². The third kappa shape index (κ3) is 5.55. The molecule has 0 aliphatic carbocycles. The van der Waals surface area contributed by atoms with Crippen LogP contribution in [0.1, 0.15) is 17.5 Å². The fourth-order valence-corrected chi connectivity index (χ4v) is 3.42. The molecule has 1 aliphatic heterocycles. The Labute approximate surface area is 163 Å². The van der Waals surface area contributed by atoms with Crippen molar-refractivity contribution in [2.75, 3.05) is 26.2 Å². The summed E-state index contributed by atoms with van der Waals surface area (Å²) in [5, 5.41) is 4.13. The van der Waals surface area contributed by atoms with E-state index in [-0.39, 0.29) is 5.91 Å². The molecule has 2 heterocycles. The second-order valence-electron chi connectivity index (χ2n) is 6.53. The summed E-state index contributed by atoms with van der Waals surface area (Å²) < 4.78 is 41.0. The fourth-order valence-electron chi connectivity index (χ4n) is 3.09. The van der Waals surface area contributed by atoms with Crippen LogP contribution in [0.5, 0.6) is 0 Å². The highest BCUT2D eigenvalue weighted by Crippen LogP contribution is 2.29. The van der Waals surface area contributed by atoms with E-state index in [0.717, 1.165) is 10.5 Å². The summed E-state index contributed by atoms with van der Waals surface area (Å²) in [5.41, 5.74) is 0.00734. The highest BCUT2D eigenvalue weighted by molar-refractivity contribution is 9.10. The number of halogens is 4. The van der Waals surface area contributed by atoms with Gasteiger partial charge in [0, 0.05) is 51.9 Å². The predicted molar refractivity (Wildman–Crippen MR) is 97.8 cm³/mol. The first-order valence-electron chi connectivity index (χ1n) is 8.65. The third-order valence-corrected chi connectivity index (χ3v) is 4.95. The zero-order chi connectivity index (χ0) is 19.4. The zero-order valence-corrected chi connectivity index (χ0v) is 16.2. The van der Waals surface area contributed by atoms with Gasteiger partial charge in [0.25, 0.3) is 0 Å². The minimum Gasteiger partial charge on any atom is -0.340 e. The van der Waals surface area contributed by atoms with Gasteiger partial charge in [-0.3, -0.25) is 14.4 Å². The van der Waals surface area contributed by atoms with Crippen molar-refractivity contribution in [1.82, 2.24) is 19.6 Å². The number of benzene rings is 1. The number of alkyl halides is 3. The van der Waals surface area contributed by atoms with Crippen LogP contribution in [0, 0.1) is 0 Å². The lowest BCUT2D eigenvalue weighted by atomic mass is 10.1. The standard InChI is InChI=1S/C18H20BrF3N4O/c19-16-11-23-26(13-16)5-4-17(27)25-8-6-24(7-9-25)12-14-2-1-3-15(10-14)18(20,21)22/h1-3,10-11,13H,4-9,12H2. The Bertz CT molecular complexity index is 785. The van der Waals surface area contributed by atoms with Crippen molar-refractivity contribution in [3.63, 3.8) is 0 Å². The van der Waals surface area contributed by atoms with Crippen LogP contribution in [0.2, 0.25) is 0 Å². The number of hydrogen-bond donors (Lipinski definition) is 0. The molecule has 0 atom stereocenters. The van der Waals surface area contributed by atoms with Gasteiger partial charge in [-0.1, -0.05) is 18.2 Å². The smallest absolute Gasteiger partial charge is 0.340 e. The molecule has 0 unspecified atom stereocenters. The first-order valence-corrected chi connectivity index (χ1v) is 9.45. The molecule has 5 nitrogen and oxygen atoms in total. The summed E-state index contributed by atoms with van der Waals surface area (Å²) in [5.74, 6) is 0.0698. The molecular formula is C18H20BrF3N4O. The molecule has 27 heavy (non-hydrogen) atoms. The number of carbonyl (C=O) groups excluding carboxylic acids is 1. The molecule has 0 bridgehead atoms. The van der Waals surface area contributed by atoms with Gasteiger partial charge in [0.1, 0.15) is 0 Å². The van der Waals surface area contributed by atoms with Gasteiger partial charge in [-0.2, -0.15) is 18.3 Å². The van der Waals surface area contributed by atoms with Crippen molar-refractivity contribution in [2.45, 2.75) is 25.7 Å². The number of piperazine rings is 1. The minimum absolute atomic E-state index is 0.0698. The van der Waals surface area contributed by atoms with Crippen molar-refractivity contribution in [3.8, 4) is 0 Å². The molecule has 0 saturated carbocycles. The largest absolute Gasteiger partial charge is 0.416 e. The molecule has 3 rings (SSSR count). The second kappa shape index (κ2) is 8.43. The lowest BCUT2D eigenvalue weighted by Crippen LogP contribution is -2.48. The molecule has 0 spiro atoms. The lowest BCUT2D eigenvalue weighted by Gasteiger charge is -2.35. The molecule has 1 aromatic carbocycles. The van der Waals surface area contributed by atoms with E-state index in [1.807, 2.05) is 6.20 Å². The Kier molecular flexibility index (Phi) is 6.21. The van der Waals surface area contributed by atoms with Crippen molar-refractivity contribution < 1.29 is 18.0 Å². The van der Waals surface area contributed by atoms with E-state index in [2.05, 4.69) is 25.9 Å². The van der Waals surface area contributed by atoms with Crippen molar-refractivity contribution >= 4 is 21.8 Å². The number of amides is 1. The molecule has 9 heteroatoms. The van der Waals surface area contributed by atoms with Crippen LogP contribution in [-0.4, -0.2) is 51.7 Å². The lowest BCUT2D eigenvalue weighted by molar-refractivity contribution is -0.137. The molecule has 146 valence electrons. The van der Waals surface area contributed by atoms with E-state index in [1.54, 1.807) is 21.8 Å². The molecule has 0 N–H and O–H groups in total. The molecule has 1 fully saturated rings. The number of hydrogen-bond acceptors (Lipinski definition) is 3. The van der Waals surface area contributed by atoms with Crippen molar-refractivity contribution in [2.24, 2.45) is 0 Å². The Balaban J connectivity index is 1.46. The van der Waals surface area contributed by atoms with Crippen molar-refractivity contribution in [1.29, 1.82) is 0 Å². The quantitative estimate of drug-likeness (QED) is 0.709. The first kappa shape index (κ1) is 19.9. The summed E-state index contributed by atoms with van der Waals surface area (Å²) in [6, 6.07) is 5.42. The monoisotopic (exact) mass is 444 g/mol. The van der Waals surface area contributed by atoms with E-state index in [0.29, 0.717) is 51.3 Å². The van der Waals surface area contributed by atoms with Crippen molar-refractivity contribution in [3.05, 3.63) is 52.3 Å². The highest BCUT2D eigenvalue weighted by atomic mass is 79.9. The third-order valence-electron chi connectivity index (χ3n) is 4.54. The Hall–Kier alpha value is -1.87. The Morgan fingerprint density at radius 1 is 1.19 bits per heavy atom. The average Bonchev–Trinajstić information content (AvgIpc) is 3.05. The topological polar surface area (TPSA) is 41.4 Å². The van der Waals surface area contributed by atoms with Gasteiger partial charge in [-0.15, -0.1) is 0 Å². The normalized spacial score (nSPS) is 15.9. The molecule has 1 aromatic heterocycles. The zero-order valence-electron chi connectivity index (χ0n) is 14.6. The maximum atomic E-state index is 12.8. The number of carbonyl (C=O) groups is 1. The SMILES string of the molecule is O=C(CCn1cc(Br)cn1)N1CCN(Cc2cccc(C(F)(F)F)c2)CC1. The van der Waals surface area contributed by atoms with Crippen LogP contribution < -0.4 is 0 Å². The van der Waals surface area contributed by atoms with Gasteiger partial charge in [-0.05, 0) is 27.6 Å². The average molecular weight is 445 g/mol. The number of rotatable bonds is 5. The van der Waals surface area contributed by atoms with E-state index < -0.39 is 11.7 Å². The fraction of sp³-hybridized carbons (Fsp3) is 0.444. The van der Waals surface area contributed by atoms with E-state index >= 15 is 0 Å². The molecular weight excluding hydrogens is 425 g/mol. The van der Waals surface area contributed by atoms with Crippen LogP contribution in [0.15, 0.2) is 41.1 Å². The maximum absolute atomic E-state index is 12.8. The summed E-state index contributed by atoms with van der Waals surface area (Å²) in [4.78, 5) is 16.2. The van der Waals surface area contributed by atoms with Crippen LogP contribution in [0.4, 0.5) is 13.2 Å². The van der Waals surface area contributed by atoms with Crippen LogP contribution in [0.25, 0.3) is 0 Å². The van der Waals surface area contributed by atoms with Gasteiger partial charge in [0.05, 0.1) is 16.2 Å². The minimum atomic E-state index is -4.33.